The Labute approximate surface area is 179 Å². The number of pyridine rings is 2. The molecule has 0 aliphatic carbocycles. The second kappa shape index (κ2) is 9.01. The summed E-state index contributed by atoms with van der Waals surface area (Å²) in [6.07, 6.45) is 7.31. The SMILES string of the molecule is CC(CN1CCCCC1)NC(=O)c1cc(-c2cccnc2)nc2ccc(Br)cc12. The maximum atomic E-state index is 13.2. The van der Waals surface area contributed by atoms with E-state index in [1.807, 2.05) is 36.4 Å². The van der Waals surface area contributed by atoms with E-state index in [1.165, 1.54) is 19.3 Å². The van der Waals surface area contributed by atoms with Crippen molar-refractivity contribution in [2.45, 2.75) is 32.2 Å². The Morgan fingerprint density at radius 1 is 1.21 bits per heavy atom. The highest BCUT2D eigenvalue weighted by Crippen LogP contribution is 2.27. The number of likely N-dealkylation sites (tertiary alicyclic amines) is 1. The quantitative estimate of drug-likeness (QED) is 0.611. The minimum Gasteiger partial charge on any atom is -0.348 e. The van der Waals surface area contributed by atoms with Crippen molar-refractivity contribution in [2.75, 3.05) is 19.6 Å². The van der Waals surface area contributed by atoms with E-state index < -0.39 is 0 Å². The van der Waals surface area contributed by atoms with Crippen LogP contribution in [0.25, 0.3) is 22.2 Å². The maximum absolute atomic E-state index is 13.2. The Kier molecular flexibility index (Phi) is 6.21. The van der Waals surface area contributed by atoms with Gasteiger partial charge in [0.15, 0.2) is 0 Å². The number of piperidine rings is 1. The third-order valence-corrected chi connectivity index (χ3v) is 5.82. The Hall–Kier alpha value is -2.31. The predicted octanol–water partition coefficient (Wildman–Crippen LogP) is 4.66. The van der Waals surface area contributed by atoms with Crippen LogP contribution in [-0.2, 0) is 0 Å². The number of rotatable bonds is 5. The molecule has 1 N–H and O–H groups in total. The molecule has 0 spiro atoms. The number of nitrogens with zero attached hydrogens (tertiary/aromatic N) is 3. The molecular formula is C23H25BrN4O. The summed E-state index contributed by atoms with van der Waals surface area (Å²) in [5.41, 5.74) is 3.08. The van der Waals surface area contributed by atoms with Crippen LogP contribution in [0.5, 0.6) is 0 Å². The van der Waals surface area contributed by atoms with Crippen LogP contribution in [0.2, 0.25) is 0 Å². The molecule has 1 saturated heterocycles. The molecule has 0 saturated carbocycles. The van der Waals surface area contributed by atoms with E-state index in [0.29, 0.717) is 5.56 Å². The molecule has 150 valence electrons. The van der Waals surface area contributed by atoms with Gasteiger partial charge in [-0.25, -0.2) is 4.98 Å². The summed E-state index contributed by atoms with van der Waals surface area (Å²) >= 11 is 3.52. The molecule has 6 heteroatoms. The number of fused-ring (bicyclic) bond motifs is 1. The Morgan fingerprint density at radius 3 is 2.79 bits per heavy atom. The van der Waals surface area contributed by atoms with E-state index >= 15 is 0 Å². The number of hydrogen-bond donors (Lipinski definition) is 1. The van der Waals surface area contributed by atoms with Crippen molar-refractivity contribution in [1.29, 1.82) is 0 Å². The number of carbonyl (C=O) groups is 1. The van der Waals surface area contributed by atoms with Crippen molar-refractivity contribution in [3.63, 3.8) is 0 Å². The minimum absolute atomic E-state index is 0.0647. The Morgan fingerprint density at radius 2 is 2.03 bits per heavy atom. The van der Waals surface area contributed by atoms with Crippen LogP contribution in [0.4, 0.5) is 0 Å². The first-order valence-electron chi connectivity index (χ1n) is 10.1. The predicted molar refractivity (Wildman–Crippen MR) is 120 cm³/mol. The highest BCUT2D eigenvalue weighted by Gasteiger charge is 2.19. The molecular weight excluding hydrogens is 428 g/mol. The molecule has 5 nitrogen and oxygen atoms in total. The standard InChI is InChI=1S/C23H25BrN4O/c1-16(15-28-10-3-2-4-11-28)26-23(29)20-13-22(17-6-5-9-25-14-17)27-21-8-7-18(24)12-19(20)21/h5-9,12-14,16H,2-4,10-11,15H2,1H3,(H,26,29). The van der Waals surface area contributed by atoms with Crippen molar-refractivity contribution in [2.24, 2.45) is 0 Å². The van der Waals surface area contributed by atoms with Gasteiger partial charge in [-0.15, -0.1) is 0 Å². The number of amides is 1. The fourth-order valence-electron chi connectivity index (χ4n) is 3.92. The maximum Gasteiger partial charge on any atom is 0.252 e. The van der Waals surface area contributed by atoms with Gasteiger partial charge < -0.3 is 10.2 Å². The number of hydrogen-bond acceptors (Lipinski definition) is 4. The van der Waals surface area contributed by atoms with Gasteiger partial charge >= 0.3 is 0 Å². The third kappa shape index (κ3) is 4.82. The fourth-order valence-corrected chi connectivity index (χ4v) is 4.29. The molecule has 1 amide bonds. The van der Waals surface area contributed by atoms with Gasteiger partial charge in [0, 0.05) is 40.4 Å². The lowest BCUT2D eigenvalue weighted by Crippen LogP contribution is -2.43. The second-order valence-corrected chi connectivity index (χ2v) is 8.61. The number of aromatic nitrogens is 2. The van der Waals surface area contributed by atoms with Crippen LogP contribution in [0.15, 0.2) is 53.3 Å². The highest BCUT2D eigenvalue weighted by molar-refractivity contribution is 9.10. The van der Waals surface area contributed by atoms with Crippen molar-refractivity contribution in [3.8, 4) is 11.3 Å². The first-order valence-corrected chi connectivity index (χ1v) is 10.9. The van der Waals surface area contributed by atoms with Crippen LogP contribution >= 0.6 is 15.9 Å². The zero-order chi connectivity index (χ0) is 20.2. The highest BCUT2D eigenvalue weighted by atomic mass is 79.9. The molecule has 1 atom stereocenters. The summed E-state index contributed by atoms with van der Waals surface area (Å²) in [6, 6.07) is 11.6. The smallest absolute Gasteiger partial charge is 0.252 e. The minimum atomic E-state index is -0.0647. The lowest BCUT2D eigenvalue weighted by atomic mass is 10.0. The van der Waals surface area contributed by atoms with Gasteiger partial charge in [0.2, 0.25) is 0 Å². The third-order valence-electron chi connectivity index (χ3n) is 5.33. The first kappa shape index (κ1) is 20.0. The summed E-state index contributed by atoms with van der Waals surface area (Å²) < 4.78 is 0.927. The van der Waals surface area contributed by atoms with Gasteiger partial charge in [-0.2, -0.15) is 0 Å². The summed E-state index contributed by atoms with van der Waals surface area (Å²) in [7, 11) is 0. The van der Waals surface area contributed by atoms with Crippen molar-refractivity contribution < 1.29 is 4.79 Å². The molecule has 0 radical (unpaired) electrons. The zero-order valence-corrected chi connectivity index (χ0v) is 18.2. The van der Waals surface area contributed by atoms with Gasteiger partial charge in [-0.3, -0.25) is 9.78 Å². The largest absolute Gasteiger partial charge is 0.348 e. The fraction of sp³-hybridized carbons (Fsp3) is 0.348. The van der Waals surface area contributed by atoms with Crippen LogP contribution in [0, 0.1) is 0 Å². The molecule has 1 fully saturated rings. The lowest BCUT2D eigenvalue weighted by molar-refractivity contribution is 0.0927. The van der Waals surface area contributed by atoms with Gasteiger partial charge in [0.1, 0.15) is 0 Å². The summed E-state index contributed by atoms with van der Waals surface area (Å²) in [4.78, 5) is 24.6. The van der Waals surface area contributed by atoms with Crippen molar-refractivity contribution in [3.05, 3.63) is 58.8 Å². The van der Waals surface area contributed by atoms with Crippen LogP contribution in [0.3, 0.4) is 0 Å². The number of carbonyl (C=O) groups excluding carboxylic acids is 1. The zero-order valence-electron chi connectivity index (χ0n) is 16.6. The van der Waals surface area contributed by atoms with E-state index in [9.17, 15) is 4.79 Å². The second-order valence-electron chi connectivity index (χ2n) is 7.69. The van der Waals surface area contributed by atoms with E-state index in [2.05, 4.69) is 38.1 Å². The average molecular weight is 453 g/mol. The van der Waals surface area contributed by atoms with Gasteiger partial charge in [-0.1, -0.05) is 22.4 Å². The lowest BCUT2D eigenvalue weighted by Gasteiger charge is -2.29. The number of benzene rings is 1. The molecule has 29 heavy (non-hydrogen) atoms. The van der Waals surface area contributed by atoms with E-state index in [1.54, 1.807) is 12.4 Å². The van der Waals surface area contributed by atoms with Gasteiger partial charge in [-0.05, 0) is 69.3 Å². The normalized spacial score (nSPS) is 15.9. The molecule has 4 rings (SSSR count). The van der Waals surface area contributed by atoms with Gasteiger partial charge in [0.05, 0.1) is 16.8 Å². The van der Waals surface area contributed by atoms with Crippen molar-refractivity contribution in [1.82, 2.24) is 20.2 Å². The first-order chi connectivity index (χ1) is 14.1. The van der Waals surface area contributed by atoms with E-state index in [4.69, 9.17) is 4.98 Å². The molecule has 3 aromatic rings. The summed E-state index contributed by atoms with van der Waals surface area (Å²) in [6.45, 7) is 5.20. The van der Waals surface area contributed by atoms with Crippen LogP contribution < -0.4 is 5.32 Å². The number of nitrogens with one attached hydrogen (secondary N) is 1. The molecule has 1 aromatic carbocycles. The summed E-state index contributed by atoms with van der Waals surface area (Å²) in [5, 5.41) is 4.04. The van der Waals surface area contributed by atoms with E-state index in [-0.39, 0.29) is 11.9 Å². The van der Waals surface area contributed by atoms with E-state index in [0.717, 1.165) is 46.3 Å². The number of halogens is 1. The molecule has 3 heterocycles. The molecule has 0 bridgehead atoms. The summed E-state index contributed by atoms with van der Waals surface area (Å²) in [5.74, 6) is -0.0647. The molecule has 1 aliphatic heterocycles. The molecule has 1 aliphatic rings. The van der Waals surface area contributed by atoms with Crippen molar-refractivity contribution >= 4 is 32.7 Å². The van der Waals surface area contributed by atoms with Crippen LogP contribution in [-0.4, -0.2) is 46.5 Å². The monoisotopic (exact) mass is 452 g/mol. The molecule has 1 unspecified atom stereocenters. The Bertz CT molecular complexity index is 1000. The Balaban J connectivity index is 1.63. The van der Waals surface area contributed by atoms with Crippen LogP contribution in [0.1, 0.15) is 36.5 Å². The molecule has 2 aromatic heterocycles. The topological polar surface area (TPSA) is 58.1 Å². The average Bonchev–Trinajstić information content (AvgIpc) is 2.74. The van der Waals surface area contributed by atoms with Gasteiger partial charge in [0.25, 0.3) is 5.91 Å².